The SMILES string of the molecule is O=C(O)C1(N2CCCNCC2)CCN2CCCCC21. The van der Waals surface area contributed by atoms with E-state index < -0.39 is 11.5 Å². The van der Waals surface area contributed by atoms with Gasteiger partial charge in [0.15, 0.2) is 0 Å². The van der Waals surface area contributed by atoms with Gasteiger partial charge in [0.05, 0.1) is 0 Å². The van der Waals surface area contributed by atoms with E-state index >= 15 is 0 Å². The van der Waals surface area contributed by atoms with E-state index in [9.17, 15) is 9.90 Å². The van der Waals surface area contributed by atoms with E-state index in [4.69, 9.17) is 0 Å². The summed E-state index contributed by atoms with van der Waals surface area (Å²) >= 11 is 0. The maximum atomic E-state index is 12.1. The number of carbonyl (C=O) groups is 1. The Morgan fingerprint density at radius 1 is 1.11 bits per heavy atom. The molecule has 3 heterocycles. The summed E-state index contributed by atoms with van der Waals surface area (Å²) in [4.78, 5) is 16.8. The number of carboxylic acids is 1. The number of aliphatic carboxylic acids is 1. The lowest BCUT2D eigenvalue weighted by Gasteiger charge is -2.44. The fourth-order valence-electron chi connectivity index (χ4n) is 4.28. The molecule has 0 spiro atoms. The first kappa shape index (κ1) is 13.3. The highest BCUT2D eigenvalue weighted by molar-refractivity contribution is 5.80. The van der Waals surface area contributed by atoms with Gasteiger partial charge in [0.1, 0.15) is 5.54 Å². The van der Waals surface area contributed by atoms with Gasteiger partial charge in [-0.2, -0.15) is 0 Å². The van der Waals surface area contributed by atoms with Gasteiger partial charge in [-0.25, -0.2) is 0 Å². The molecule has 2 unspecified atom stereocenters. The quantitative estimate of drug-likeness (QED) is 0.757. The summed E-state index contributed by atoms with van der Waals surface area (Å²) in [5.74, 6) is -0.594. The number of nitrogens with zero attached hydrogens (tertiary/aromatic N) is 2. The molecule has 2 atom stereocenters. The summed E-state index contributed by atoms with van der Waals surface area (Å²) in [6, 6.07) is 0.233. The zero-order valence-corrected chi connectivity index (χ0v) is 11.6. The van der Waals surface area contributed by atoms with Crippen LogP contribution in [0.4, 0.5) is 0 Å². The third-order valence-corrected chi connectivity index (χ3v) is 5.22. The highest BCUT2D eigenvalue weighted by Gasteiger charge is 2.56. The van der Waals surface area contributed by atoms with Crippen molar-refractivity contribution in [3.8, 4) is 0 Å². The van der Waals surface area contributed by atoms with E-state index in [0.29, 0.717) is 0 Å². The fraction of sp³-hybridized carbons (Fsp3) is 0.929. The second kappa shape index (κ2) is 5.38. The Labute approximate surface area is 114 Å². The van der Waals surface area contributed by atoms with Crippen molar-refractivity contribution in [1.29, 1.82) is 0 Å². The molecule has 3 fully saturated rings. The molecule has 108 valence electrons. The summed E-state index contributed by atoms with van der Waals surface area (Å²) < 4.78 is 0. The van der Waals surface area contributed by atoms with Gasteiger partial charge in [-0.05, 0) is 38.8 Å². The molecule has 0 aliphatic carbocycles. The van der Waals surface area contributed by atoms with E-state index in [-0.39, 0.29) is 6.04 Å². The van der Waals surface area contributed by atoms with Crippen LogP contribution in [0, 0.1) is 0 Å². The molecule has 0 amide bonds. The van der Waals surface area contributed by atoms with Crippen LogP contribution in [-0.2, 0) is 4.79 Å². The van der Waals surface area contributed by atoms with Gasteiger partial charge in [-0.15, -0.1) is 0 Å². The van der Waals surface area contributed by atoms with Crippen LogP contribution in [0.3, 0.4) is 0 Å². The van der Waals surface area contributed by atoms with Crippen molar-refractivity contribution in [3.05, 3.63) is 0 Å². The lowest BCUT2D eigenvalue weighted by Crippen LogP contribution is -2.63. The van der Waals surface area contributed by atoms with Gasteiger partial charge in [0.25, 0.3) is 0 Å². The van der Waals surface area contributed by atoms with E-state index in [0.717, 1.165) is 58.5 Å². The second-order valence-electron chi connectivity index (χ2n) is 6.12. The van der Waals surface area contributed by atoms with E-state index in [1.165, 1.54) is 12.8 Å². The third-order valence-electron chi connectivity index (χ3n) is 5.22. The molecule has 3 aliphatic rings. The standard InChI is InChI=1S/C14H25N3O2/c18-13(19)14(17-9-3-6-15-7-11-17)5-10-16-8-2-1-4-12(14)16/h12,15H,1-11H2,(H,18,19). The Morgan fingerprint density at radius 3 is 2.84 bits per heavy atom. The average Bonchev–Trinajstić information content (AvgIpc) is 2.61. The monoisotopic (exact) mass is 267 g/mol. The van der Waals surface area contributed by atoms with Crippen molar-refractivity contribution in [2.45, 2.75) is 43.7 Å². The zero-order chi connectivity index (χ0) is 13.3. The summed E-state index contributed by atoms with van der Waals surface area (Å²) in [6.45, 7) is 5.77. The predicted octanol–water partition coefficient (Wildman–Crippen LogP) is 0.363. The van der Waals surface area contributed by atoms with E-state index in [1.807, 2.05) is 0 Å². The molecule has 0 radical (unpaired) electrons. The van der Waals surface area contributed by atoms with Crippen LogP contribution in [0.1, 0.15) is 32.1 Å². The van der Waals surface area contributed by atoms with E-state index in [2.05, 4.69) is 15.1 Å². The van der Waals surface area contributed by atoms with Gasteiger partial charge < -0.3 is 10.4 Å². The number of rotatable bonds is 2. The first-order valence-electron chi connectivity index (χ1n) is 7.68. The summed E-state index contributed by atoms with van der Waals surface area (Å²) in [7, 11) is 0. The molecule has 0 aromatic carbocycles. The predicted molar refractivity (Wildman–Crippen MR) is 73.3 cm³/mol. The van der Waals surface area contributed by atoms with Crippen molar-refractivity contribution in [1.82, 2.24) is 15.1 Å². The minimum absolute atomic E-state index is 0.233. The largest absolute Gasteiger partial charge is 0.480 e. The maximum absolute atomic E-state index is 12.1. The van der Waals surface area contributed by atoms with Crippen LogP contribution in [0.15, 0.2) is 0 Å². The molecule has 0 saturated carbocycles. The number of piperidine rings is 1. The first-order valence-corrected chi connectivity index (χ1v) is 7.68. The summed E-state index contributed by atoms with van der Waals surface area (Å²) in [6.07, 6.45) is 5.32. The second-order valence-corrected chi connectivity index (χ2v) is 6.12. The summed E-state index contributed by atoms with van der Waals surface area (Å²) in [5.41, 5.74) is -0.619. The van der Waals surface area contributed by atoms with E-state index in [1.54, 1.807) is 0 Å². The molecule has 3 rings (SSSR count). The Balaban J connectivity index is 1.87. The molecular weight excluding hydrogens is 242 g/mol. The van der Waals surface area contributed by atoms with Gasteiger partial charge in [0, 0.05) is 32.2 Å². The highest BCUT2D eigenvalue weighted by Crippen LogP contribution is 2.39. The minimum atomic E-state index is -0.619. The normalized spacial score (nSPS) is 37.8. The zero-order valence-electron chi connectivity index (χ0n) is 11.6. The van der Waals surface area contributed by atoms with Crippen LogP contribution in [-0.4, -0.2) is 71.7 Å². The molecule has 0 aromatic rings. The number of fused-ring (bicyclic) bond motifs is 1. The molecule has 5 nitrogen and oxygen atoms in total. The van der Waals surface area contributed by atoms with Crippen LogP contribution in [0.25, 0.3) is 0 Å². The summed E-state index contributed by atoms with van der Waals surface area (Å²) in [5, 5.41) is 13.3. The fourth-order valence-corrected chi connectivity index (χ4v) is 4.28. The number of nitrogens with one attached hydrogen (secondary N) is 1. The lowest BCUT2D eigenvalue weighted by atomic mass is 9.83. The molecule has 0 aromatic heterocycles. The van der Waals surface area contributed by atoms with Gasteiger partial charge >= 0.3 is 5.97 Å². The average molecular weight is 267 g/mol. The minimum Gasteiger partial charge on any atom is -0.480 e. The Morgan fingerprint density at radius 2 is 2.00 bits per heavy atom. The maximum Gasteiger partial charge on any atom is 0.325 e. The van der Waals surface area contributed by atoms with Crippen LogP contribution >= 0.6 is 0 Å². The highest BCUT2D eigenvalue weighted by atomic mass is 16.4. The van der Waals surface area contributed by atoms with Crippen molar-refractivity contribution in [3.63, 3.8) is 0 Å². The number of carboxylic acid groups (broad SMARTS) is 1. The van der Waals surface area contributed by atoms with Crippen molar-refractivity contribution < 1.29 is 9.90 Å². The Hall–Kier alpha value is -0.650. The van der Waals surface area contributed by atoms with Crippen molar-refractivity contribution in [2.24, 2.45) is 0 Å². The topological polar surface area (TPSA) is 55.8 Å². The van der Waals surface area contributed by atoms with Gasteiger partial charge in [-0.3, -0.25) is 14.6 Å². The first-order chi connectivity index (χ1) is 9.25. The molecule has 3 aliphatic heterocycles. The van der Waals surface area contributed by atoms with Gasteiger partial charge in [0.2, 0.25) is 0 Å². The van der Waals surface area contributed by atoms with Crippen LogP contribution in [0.2, 0.25) is 0 Å². The van der Waals surface area contributed by atoms with Crippen LogP contribution < -0.4 is 5.32 Å². The number of hydrogen-bond acceptors (Lipinski definition) is 4. The molecule has 3 saturated heterocycles. The molecule has 19 heavy (non-hydrogen) atoms. The Bertz CT molecular complexity index is 342. The molecular formula is C14H25N3O2. The third kappa shape index (κ3) is 2.18. The molecule has 5 heteroatoms. The smallest absolute Gasteiger partial charge is 0.325 e. The Kier molecular flexibility index (Phi) is 3.78. The van der Waals surface area contributed by atoms with Gasteiger partial charge in [-0.1, -0.05) is 6.42 Å². The lowest BCUT2D eigenvalue weighted by molar-refractivity contribution is -0.154. The van der Waals surface area contributed by atoms with Crippen molar-refractivity contribution >= 4 is 5.97 Å². The van der Waals surface area contributed by atoms with Crippen LogP contribution in [0.5, 0.6) is 0 Å². The molecule has 0 bridgehead atoms. The van der Waals surface area contributed by atoms with Crippen molar-refractivity contribution in [2.75, 3.05) is 39.3 Å². The number of hydrogen-bond donors (Lipinski definition) is 2. The molecule has 2 N–H and O–H groups in total.